The van der Waals surface area contributed by atoms with Gasteiger partial charge in [-0.25, -0.2) is 0 Å². The van der Waals surface area contributed by atoms with E-state index in [1.165, 1.54) is 12.1 Å². The molecule has 1 rings (SSSR count). The molecule has 1 atom stereocenters. The maximum atomic E-state index is 12.5. The lowest BCUT2D eigenvalue weighted by Crippen LogP contribution is -2.26. The lowest BCUT2D eigenvalue weighted by molar-refractivity contribution is -0.137. The van der Waals surface area contributed by atoms with Crippen LogP contribution in [0.3, 0.4) is 0 Å². The first-order chi connectivity index (χ1) is 9.49. The first kappa shape index (κ1) is 17.0. The van der Waals surface area contributed by atoms with Gasteiger partial charge < -0.3 is 10.1 Å². The SMILES string of the molecule is CCCNC(COCCC)c1ccc(C(F)(F)F)cc1. The molecule has 2 nitrogen and oxygen atoms in total. The van der Waals surface area contributed by atoms with Crippen LogP contribution < -0.4 is 5.32 Å². The third-order valence-corrected chi connectivity index (χ3v) is 2.91. The fourth-order valence-corrected chi connectivity index (χ4v) is 1.84. The minimum atomic E-state index is -4.29. The van der Waals surface area contributed by atoms with Crippen molar-refractivity contribution in [1.29, 1.82) is 0 Å². The van der Waals surface area contributed by atoms with Crippen LogP contribution >= 0.6 is 0 Å². The Morgan fingerprint density at radius 3 is 2.25 bits per heavy atom. The molecule has 0 spiro atoms. The summed E-state index contributed by atoms with van der Waals surface area (Å²) >= 11 is 0. The van der Waals surface area contributed by atoms with Crippen LogP contribution in [0.4, 0.5) is 13.2 Å². The molecule has 0 saturated carbocycles. The second-order valence-electron chi connectivity index (χ2n) is 4.70. The molecule has 0 amide bonds. The summed E-state index contributed by atoms with van der Waals surface area (Å²) in [5.74, 6) is 0. The van der Waals surface area contributed by atoms with Gasteiger partial charge in [0.1, 0.15) is 0 Å². The summed E-state index contributed by atoms with van der Waals surface area (Å²) in [6.07, 6.45) is -2.40. The van der Waals surface area contributed by atoms with Crippen molar-refractivity contribution >= 4 is 0 Å². The van der Waals surface area contributed by atoms with Crippen molar-refractivity contribution in [1.82, 2.24) is 5.32 Å². The number of rotatable bonds is 8. The molecule has 0 saturated heterocycles. The zero-order valence-corrected chi connectivity index (χ0v) is 12.0. The van der Waals surface area contributed by atoms with E-state index < -0.39 is 11.7 Å². The highest BCUT2D eigenvalue weighted by molar-refractivity contribution is 5.26. The smallest absolute Gasteiger partial charge is 0.379 e. The van der Waals surface area contributed by atoms with E-state index in [1.807, 2.05) is 13.8 Å². The average molecular weight is 289 g/mol. The molecule has 1 aromatic rings. The Balaban J connectivity index is 2.73. The van der Waals surface area contributed by atoms with Crippen molar-refractivity contribution in [3.63, 3.8) is 0 Å². The Morgan fingerprint density at radius 2 is 1.75 bits per heavy atom. The van der Waals surface area contributed by atoms with Crippen LogP contribution in [0.1, 0.15) is 43.9 Å². The van der Waals surface area contributed by atoms with Gasteiger partial charge in [-0.05, 0) is 37.1 Å². The van der Waals surface area contributed by atoms with Gasteiger partial charge in [-0.3, -0.25) is 0 Å². The molecule has 0 aliphatic rings. The molecule has 0 heterocycles. The maximum Gasteiger partial charge on any atom is 0.416 e. The van der Waals surface area contributed by atoms with Gasteiger partial charge in [-0.2, -0.15) is 13.2 Å². The minimum Gasteiger partial charge on any atom is -0.379 e. The summed E-state index contributed by atoms with van der Waals surface area (Å²) < 4.78 is 43.1. The fraction of sp³-hybridized carbons (Fsp3) is 0.600. The predicted molar refractivity (Wildman–Crippen MR) is 73.6 cm³/mol. The minimum absolute atomic E-state index is 0.0659. The van der Waals surface area contributed by atoms with E-state index in [1.54, 1.807) is 0 Å². The lowest BCUT2D eigenvalue weighted by Gasteiger charge is -2.19. The highest BCUT2D eigenvalue weighted by Crippen LogP contribution is 2.29. The van der Waals surface area contributed by atoms with Gasteiger partial charge in [0.05, 0.1) is 18.2 Å². The first-order valence-electron chi connectivity index (χ1n) is 6.97. The molecular weight excluding hydrogens is 267 g/mol. The molecule has 0 fully saturated rings. The van der Waals surface area contributed by atoms with Gasteiger partial charge in [0, 0.05) is 6.61 Å². The van der Waals surface area contributed by atoms with Gasteiger partial charge >= 0.3 is 6.18 Å². The quantitative estimate of drug-likeness (QED) is 0.725. The molecule has 114 valence electrons. The number of alkyl halides is 3. The average Bonchev–Trinajstić information content (AvgIpc) is 2.42. The van der Waals surface area contributed by atoms with Crippen molar-refractivity contribution in [2.24, 2.45) is 0 Å². The van der Waals surface area contributed by atoms with E-state index in [0.29, 0.717) is 13.2 Å². The van der Waals surface area contributed by atoms with Crippen molar-refractivity contribution in [2.75, 3.05) is 19.8 Å². The Kier molecular flexibility index (Phi) is 7.02. The van der Waals surface area contributed by atoms with Crippen LogP contribution in [0.15, 0.2) is 24.3 Å². The molecular formula is C15H22F3NO. The fourth-order valence-electron chi connectivity index (χ4n) is 1.84. The van der Waals surface area contributed by atoms with Crippen LogP contribution in [0.5, 0.6) is 0 Å². The van der Waals surface area contributed by atoms with E-state index >= 15 is 0 Å². The molecule has 5 heteroatoms. The second kappa shape index (κ2) is 8.27. The zero-order chi connectivity index (χ0) is 15.0. The Morgan fingerprint density at radius 1 is 1.10 bits per heavy atom. The predicted octanol–water partition coefficient (Wildman–Crippen LogP) is 4.17. The monoisotopic (exact) mass is 289 g/mol. The number of hydrogen-bond acceptors (Lipinski definition) is 2. The number of halogens is 3. The standard InChI is InChI=1S/C15H22F3NO/c1-3-9-19-14(11-20-10-4-2)12-5-7-13(8-6-12)15(16,17)18/h5-8,14,19H,3-4,9-11H2,1-2H3. The molecule has 0 aromatic heterocycles. The van der Waals surface area contributed by atoms with Gasteiger partial charge in [0.15, 0.2) is 0 Å². The van der Waals surface area contributed by atoms with E-state index in [0.717, 1.165) is 37.1 Å². The summed E-state index contributed by atoms with van der Waals surface area (Å²) in [7, 11) is 0. The van der Waals surface area contributed by atoms with Crippen LogP contribution in [0.25, 0.3) is 0 Å². The molecule has 0 aliphatic carbocycles. The molecule has 1 aromatic carbocycles. The molecule has 0 aliphatic heterocycles. The normalized spacial score (nSPS) is 13.4. The molecule has 20 heavy (non-hydrogen) atoms. The summed E-state index contributed by atoms with van der Waals surface area (Å²) in [4.78, 5) is 0. The Bertz CT molecular complexity index is 376. The van der Waals surface area contributed by atoms with Gasteiger partial charge in [0.25, 0.3) is 0 Å². The van der Waals surface area contributed by atoms with E-state index in [4.69, 9.17) is 4.74 Å². The number of benzene rings is 1. The summed E-state index contributed by atoms with van der Waals surface area (Å²) in [5, 5.41) is 3.30. The Labute approximate surface area is 118 Å². The highest BCUT2D eigenvalue weighted by Gasteiger charge is 2.30. The van der Waals surface area contributed by atoms with Crippen molar-refractivity contribution < 1.29 is 17.9 Å². The number of hydrogen-bond donors (Lipinski definition) is 1. The van der Waals surface area contributed by atoms with E-state index in [-0.39, 0.29) is 6.04 Å². The van der Waals surface area contributed by atoms with Gasteiger partial charge in [-0.15, -0.1) is 0 Å². The maximum absolute atomic E-state index is 12.5. The first-order valence-corrected chi connectivity index (χ1v) is 6.97. The largest absolute Gasteiger partial charge is 0.416 e. The second-order valence-corrected chi connectivity index (χ2v) is 4.70. The Hall–Kier alpha value is -1.07. The molecule has 1 N–H and O–H groups in total. The van der Waals surface area contributed by atoms with E-state index in [9.17, 15) is 13.2 Å². The lowest BCUT2D eigenvalue weighted by atomic mass is 10.0. The summed E-state index contributed by atoms with van der Waals surface area (Å²) in [6, 6.07) is 5.21. The summed E-state index contributed by atoms with van der Waals surface area (Å²) in [6.45, 7) is 6.00. The topological polar surface area (TPSA) is 21.3 Å². The third-order valence-electron chi connectivity index (χ3n) is 2.91. The van der Waals surface area contributed by atoms with Crippen molar-refractivity contribution in [2.45, 2.75) is 38.9 Å². The van der Waals surface area contributed by atoms with Crippen LogP contribution in [0, 0.1) is 0 Å². The van der Waals surface area contributed by atoms with Gasteiger partial charge in [-0.1, -0.05) is 26.0 Å². The third kappa shape index (κ3) is 5.51. The number of nitrogens with one attached hydrogen (secondary N) is 1. The highest BCUT2D eigenvalue weighted by atomic mass is 19.4. The van der Waals surface area contributed by atoms with Crippen LogP contribution in [-0.2, 0) is 10.9 Å². The van der Waals surface area contributed by atoms with Crippen LogP contribution in [0.2, 0.25) is 0 Å². The van der Waals surface area contributed by atoms with Crippen LogP contribution in [-0.4, -0.2) is 19.8 Å². The van der Waals surface area contributed by atoms with E-state index in [2.05, 4.69) is 5.32 Å². The number of ether oxygens (including phenoxy) is 1. The molecule has 1 unspecified atom stereocenters. The summed E-state index contributed by atoms with van der Waals surface area (Å²) in [5.41, 5.74) is 0.201. The van der Waals surface area contributed by atoms with Crippen molar-refractivity contribution in [3.8, 4) is 0 Å². The molecule has 0 bridgehead atoms. The van der Waals surface area contributed by atoms with Crippen molar-refractivity contribution in [3.05, 3.63) is 35.4 Å². The molecule has 0 radical (unpaired) electrons. The zero-order valence-electron chi connectivity index (χ0n) is 12.0. The van der Waals surface area contributed by atoms with Gasteiger partial charge in [0.2, 0.25) is 0 Å².